The summed E-state index contributed by atoms with van der Waals surface area (Å²) in [4.78, 5) is 23.6. The van der Waals surface area contributed by atoms with Crippen LogP contribution in [0.2, 0.25) is 5.02 Å². The monoisotopic (exact) mass is 298 g/mol. The number of halogens is 1. The number of hydrogen-bond donors (Lipinski definition) is 3. The second kappa shape index (κ2) is 6.72. The van der Waals surface area contributed by atoms with E-state index in [0.29, 0.717) is 18.4 Å². The van der Waals surface area contributed by atoms with Crippen molar-refractivity contribution in [1.29, 1.82) is 0 Å². The zero-order valence-corrected chi connectivity index (χ0v) is 12.3. The van der Waals surface area contributed by atoms with E-state index in [4.69, 9.17) is 17.3 Å². The average molecular weight is 299 g/mol. The number of benzene rings is 1. The quantitative estimate of drug-likeness (QED) is 0.750. The maximum Gasteiger partial charge on any atom is 0.330 e. The number of aliphatic carboxylic acids is 1. The van der Waals surface area contributed by atoms with Gasteiger partial charge in [0.05, 0.1) is 5.54 Å². The molecule has 0 radical (unpaired) electrons. The van der Waals surface area contributed by atoms with Crippen molar-refractivity contribution in [2.45, 2.75) is 38.3 Å². The lowest BCUT2D eigenvalue weighted by molar-refractivity contribution is -0.143. The Bertz CT molecular complexity index is 501. The summed E-state index contributed by atoms with van der Waals surface area (Å²) >= 11 is 5.98. The van der Waals surface area contributed by atoms with Crippen LogP contribution in [0.1, 0.15) is 38.3 Å². The fraction of sp³-hybridized carbons (Fsp3) is 0.429. The zero-order valence-electron chi connectivity index (χ0n) is 11.5. The average Bonchev–Trinajstić information content (AvgIpc) is 2.44. The van der Waals surface area contributed by atoms with Crippen LogP contribution in [0.5, 0.6) is 0 Å². The molecule has 20 heavy (non-hydrogen) atoms. The first-order valence-electron chi connectivity index (χ1n) is 6.42. The Balaban J connectivity index is 3.04. The first-order valence-corrected chi connectivity index (χ1v) is 6.80. The summed E-state index contributed by atoms with van der Waals surface area (Å²) in [6.45, 7) is 3.57. The molecule has 0 aromatic heterocycles. The highest BCUT2D eigenvalue weighted by Crippen LogP contribution is 2.24. The minimum Gasteiger partial charge on any atom is -0.479 e. The Hall–Kier alpha value is -1.59. The van der Waals surface area contributed by atoms with Gasteiger partial charge in [-0.1, -0.05) is 43.6 Å². The maximum absolute atomic E-state index is 12.2. The first-order chi connectivity index (χ1) is 9.35. The van der Waals surface area contributed by atoms with Crippen LogP contribution < -0.4 is 11.1 Å². The number of hydrogen-bond acceptors (Lipinski definition) is 3. The van der Waals surface area contributed by atoms with E-state index in [-0.39, 0.29) is 5.02 Å². The van der Waals surface area contributed by atoms with Crippen LogP contribution in [0.25, 0.3) is 0 Å². The van der Waals surface area contributed by atoms with Gasteiger partial charge in [-0.2, -0.15) is 0 Å². The molecule has 0 aliphatic rings. The molecule has 110 valence electrons. The van der Waals surface area contributed by atoms with E-state index in [1.807, 2.05) is 0 Å². The molecule has 0 aliphatic carbocycles. The number of carbonyl (C=O) groups is 2. The zero-order chi connectivity index (χ0) is 15.3. The Morgan fingerprint density at radius 3 is 2.35 bits per heavy atom. The molecule has 0 heterocycles. The van der Waals surface area contributed by atoms with Gasteiger partial charge in [0.15, 0.2) is 6.04 Å². The molecule has 0 saturated heterocycles. The Morgan fingerprint density at radius 1 is 1.35 bits per heavy atom. The van der Waals surface area contributed by atoms with E-state index in [1.165, 1.54) is 0 Å². The van der Waals surface area contributed by atoms with Crippen LogP contribution in [-0.2, 0) is 9.59 Å². The van der Waals surface area contributed by atoms with Crippen molar-refractivity contribution in [3.8, 4) is 0 Å². The SMILES string of the molecule is CCC(N)(CC)C(=O)N[C@@H](C(=O)O)c1ccccc1Cl. The summed E-state index contributed by atoms with van der Waals surface area (Å²) < 4.78 is 0. The summed E-state index contributed by atoms with van der Waals surface area (Å²) in [6.07, 6.45) is 0.842. The fourth-order valence-electron chi connectivity index (χ4n) is 1.83. The van der Waals surface area contributed by atoms with Gasteiger partial charge in [0.1, 0.15) is 0 Å². The van der Waals surface area contributed by atoms with Gasteiger partial charge in [0.25, 0.3) is 0 Å². The molecule has 0 unspecified atom stereocenters. The van der Waals surface area contributed by atoms with Crippen molar-refractivity contribution in [2.24, 2.45) is 5.73 Å². The standard InChI is InChI=1S/C14H19ClN2O3/c1-3-14(16,4-2)13(20)17-11(12(18)19)9-7-5-6-8-10(9)15/h5-8,11H,3-4,16H2,1-2H3,(H,17,20)(H,18,19)/t11-/m1/s1. The molecular formula is C14H19ClN2O3. The van der Waals surface area contributed by atoms with Gasteiger partial charge in [0.2, 0.25) is 5.91 Å². The lowest BCUT2D eigenvalue weighted by Crippen LogP contribution is -2.54. The largest absolute Gasteiger partial charge is 0.479 e. The third-order valence-electron chi connectivity index (χ3n) is 3.45. The maximum atomic E-state index is 12.2. The summed E-state index contributed by atoms with van der Waals surface area (Å²) in [7, 11) is 0. The van der Waals surface area contributed by atoms with Crippen LogP contribution in [-0.4, -0.2) is 22.5 Å². The number of rotatable bonds is 6. The van der Waals surface area contributed by atoms with Crippen LogP contribution >= 0.6 is 11.6 Å². The number of carboxylic acids is 1. The molecule has 5 nitrogen and oxygen atoms in total. The Morgan fingerprint density at radius 2 is 1.90 bits per heavy atom. The number of carbonyl (C=O) groups excluding carboxylic acids is 1. The smallest absolute Gasteiger partial charge is 0.330 e. The molecule has 6 heteroatoms. The van der Waals surface area contributed by atoms with E-state index in [2.05, 4.69) is 5.32 Å². The number of carboxylic acid groups (broad SMARTS) is 1. The van der Waals surface area contributed by atoms with Gasteiger partial charge < -0.3 is 16.2 Å². The third kappa shape index (κ3) is 3.49. The lowest BCUT2D eigenvalue weighted by atomic mass is 9.92. The molecule has 1 rings (SSSR count). The summed E-state index contributed by atoms with van der Waals surface area (Å²) in [5.41, 5.74) is 5.23. The van der Waals surface area contributed by atoms with Gasteiger partial charge >= 0.3 is 5.97 Å². The van der Waals surface area contributed by atoms with Gasteiger partial charge in [-0.05, 0) is 18.9 Å². The lowest BCUT2D eigenvalue weighted by Gasteiger charge is -2.27. The van der Waals surface area contributed by atoms with E-state index in [9.17, 15) is 14.7 Å². The summed E-state index contributed by atoms with van der Waals surface area (Å²) in [5, 5.41) is 12.1. The molecular weight excluding hydrogens is 280 g/mol. The summed E-state index contributed by atoms with van der Waals surface area (Å²) in [6, 6.07) is 5.29. The Kier molecular flexibility index (Phi) is 5.53. The van der Waals surface area contributed by atoms with Crippen molar-refractivity contribution < 1.29 is 14.7 Å². The van der Waals surface area contributed by atoms with Gasteiger partial charge in [-0.25, -0.2) is 4.79 Å². The number of nitrogens with one attached hydrogen (secondary N) is 1. The van der Waals surface area contributed by atoms with Crippen LogP contribution in [0, 0.1) is 0 Å². The van der Waals surface area contributed by atoms with Crippen molar-refractivity contribution >= 4 is 23.5 Å². The highest BCUT2D eigenvalue weighted by molar-refractivity contribution is 6.31. The molecule has 0 saturated carbocycles. The molecule has 1 aromatic rings. The van der Waals surface area contributed by atoms with Crippen molar-refractivity contribution in [1.82, 2.24) is 5.32 Å². The van der Waals surface area contributed by atoms with Crippen molar-refractivity contribution in [3.63, 3.8) is 0 Å². The second-order valence-corrected chi connectivity index (χ2v) is 5.04. The van der Waals surface area contributed by atoms with Crippen molar-refractivity contribution in [3.05, 3.63) is 34.9 Å². The molecule has 0 spiro atoms. The fourth-order valence-corrected chi connectivity index (χ4v) is 2.07. The molecule has 0 aliphatic heterocycles. The van der Waals surface area contributed by atoms with Crippen LogP contribution in [0.4, 0.5) is 0 Å². The molecule has 1 amide bonds. The normalized spacial score (nSPS) is 12.8. The Labute approximate surface area is 123 Å². The van der Waals surface area contributed by atoms with Crippen molar-refractivity contribution in [2.75, 3.05) is 0 Å². The molecule has 1 atom stereocenters. The summed E-state index contributed by atoms with van der Waals surface area (Å²) in [5.74, 6) is -1.67. The molecule has 1 aromatic carbocycles. The highest BCUT2D eigenvalue weighted by atomic mass is 35.5. The van der Waals surface area contributed by atoms with E-state index >= 15 is 0 Å². The van der Waals surface area contributed by atoms with Crippen LogP contribution in [0.3, 0.4) is 0 Å². The molecule has 0 bridgehead atoms. The van der Waals surface area contributed by atoms with Crippen LogP contribution in [0.15, 0.2) is 24.3 Å². The number of amides is 1. The van der Waals surface area contributed by atoms with Gasteiger partial charge in [-0.3, -0.25) is 4.79 Å². The predicted molar refractivity (Wildman–Crippen MR) is 77.5 cm³/mol. The molecule has 0 fully saturated rings. The molecule has 4 N–H and O–H groups in total. The number of nitrogens with two attached hydrogens (primary N) is 1. The second-order valence-electron chi connectivity index (χ2n) is 4.63. The van der Waals surface area contributed by atoms with E-state index < -0.39 is 23.5 Å². The van der Waals surface area contributed by atoms with E-state index in [1.54, 1.807) is 38.1 Å². The van der Waals surface area contributed by atoms with Gasteiger partial charge in [-0.15, -0.1) is 0 Å². The first kappa shape index (κ1) is 16.5. The predicted octanol–water partition coefficient (Wildman–Crippen LogP) is 2.10. The third-order valence-corrected chi connectivity index (χ3v) is 3.80. The minimum atomic E-state index is -1.21. The minimum absolute atomic E-state index is 0.288. The van der Waals surface area contributed by atoms with E-state index in [0.717, 1.165) is 0 Å². The van der Waals surface area contributed by atoms with Gasteiger partial charge in [0, 0.05) is 10.6 Å². The topological polar surface area (TPSA) is 92.4 Å². The highest BCUT2D eigenvalue weighted by Gasteiger charge is 2.34.